The molecule has 3 amide bonds. The molecule has 3 heterocycles. The summed E-state index contributed by atoms with van der Waals surface area (Å²) in [6.45, 7) is 2.58. The molecular formula is C21H25F3N4O3. The van der Waals surface area contributed by atoms with Crippen molar-refractivity contribution in [3.8, 4) is 0 Å². The van der Waals surface area contributed by atoms with Gasteiger partial charge in [0.1, 0.15) is 12.1 Å². The number of alkyl halides is 3. The van der Waals surface area contributed by atoms with Crippen molar-refractivity contribution in [2.24, 2.45) is 0 Å². The van der Waals surface area contributed by atoms with Gasteiger partial charge in [0.25, 0.3) is 5.91 Å². The molecule has 4 rings (SSSR count). The predicted molar refractivity (Wildman–Crippen MR) is 105 cm³/mol. The minimum atomic E-state index is -4.37. The van der Waals surface area contributed by atoms with Gasteiger partial charge in [0.05, 0.1) is 0 Å². The number of carbonyl (C=O) groups excluding carboxylic acids is 3. The van der Waals surface area contributed by atoms with Gasteiger partial charge in [-0.2, -0.15) is 13.2 Å². The first-order valence-corrected chi connectivity index (χ1v) is 10.4. The standard InChI is InChI=1S/C21H25F3N4O3/c1-12-9-16(21(22,23)24)27(8-7-25-12)10-13-3-2-4-14-11-28(20(31)18(13)14)15-5-6-17(29)26-19(15)30/h2-4,12,15-16,25H,5-11H2,1H3,(H,26,29,30). The molecule has 1 aromatic carbocycles. The van der Waals surface area contributed by atoms with Crippen LogP contribution < -0.4 is 10.6 Å². The largest absolute Gasteiger partial charge is 0.404 e. The Hall–Kier alpha value is -2.46. The van der Waals surface area contributed by atoms with E-state index in [1.165, 1.54) is 9.80 Å². The van der Waals surface area contributed by atoms with Crippen LogP contribution in [0.4, 0.5) is 13.2 Å². The molecule has 2 fully saturated rings. The fourth-order valence-electron chi connectivity index (χ4n) is 4.75. The molecule has 3 unspecified atom stereocenters. The van der Waals surface area contributed by atoms with Crippen molar-refractivity contribution in [3.05, 3.63) is 34.9 Å². The number of fused-ring (bicyclic) bond motifs is 1. The molecule has 0 bridgehead atoms. The number of piperidine rings is 1. The maximum absolute atomic E-state index is 13.8. The van der Waals surface area contributed by atoms with Crippen molar-refractivity contribution >= 4 is 17.7 Å². The molecule has 0 spiro atoms. The lowest BCUT2D eigenvalue weighted by Crippen LogP contribution is -2.52. The van der Waals surface area contributed by atoms with E-state index >= 15 is 0 Å². The van der Waals surface area contributed by atoms with Crippen LogP contribution in [-0.2, 0) is 22.7 Å². The molecule has 31 heavy (non-hydrogen) atoms. The zero-order valence-corrected chi connectivity index (χ0v) is 17.2. The molecule has 1 aromatic rings. The quantitative estimate of drug-likeness (QED) is 0.701. The SMILES string of the molecule is CC1CC(C(F)(F)F)N(Cc2cccc3c2C(=O)N(C2CCC(=O)NC2=O)C3)CCN1. The van der Waals surface area contributed by atoms with E-state index < -0.39 is 24.2 Å². The second-order valence-electron chi connectivity index (χ2n) is 8.47. The highest BCUT2D eigenvalue weighted by Crippen LogP contribution is 2.34. The van der Waals surface area contributed by atoms with Crippen LogP contribution in [0.15, 0.2) is 18.2 Å². The summed E-state index contributed by atoms with van der Waals surface area (Å²) >= 11 is 0. The molecule has 0 aliphatic carbocycles. The fourth-order valence-corrected chi connectivity index (χ4v) is 4.75. The average molecular weight is 438 g/mol. The average Bonchev–Trinajstić information content (AvgIpc) is 2.89. The monoisotopic (exact) mass is 438 g/mol. The van der Waals surface area contributed by atoms with Crippen molar-refractivity contribution in [2.75, 3.05) is 13.1 Å². The molecule has 3 atom stereocenters. The number of nitrogens with zero attached hydrogens (tertiary/aromatic N) is 2. The van der Waals surface area contributed by atoms with Crippen LogP contribution in [0.2, 0.25) is 0 Å². The Bertz CT molecular complexity index is 904. The van der Waals surface area contributed by atoms with Crippen molar-refractivity contribution < 1.29 is 27.6 Å². The third-order valence-corrected chi connectivity index (χ3v) is 6.30. The zero-order valence-electron chi connectivity index (χ0n) is 17.2. The Labute approximate surface area is 177 Å². The number of benzene rings is 1. The van der Waals surface area contributed by atoms with Crippen LogP contribution in [0.3, 0.4) is 0 Å². The molecular weight excluding hydrogens is 413 g/mol. The van der Waals surface area contributed by atoms with Gasteiger partial charge in [0.2, 0.25) is 11.8 Å². The van der Waals surface area contributed by atoms with E-state index in [-0.39, 0.29) is 56.8 Å². The smallest absolute Gasteiger partial charge is 0.322 e. The molecule has 0 aromatic heterocycles. The van der Waals surface area contributed by atoms with Crippen molar-refractivity contribution in [1.82, 2.24) is 20.4 Å². The van der Waals surface area contributed by atoms with Crippen LogP contribution in [0.5, 0.6) is 0 Å². The normalized spacial score (nSPS) is 27.8. The van der Waals surface area contributed by atoms with E-state index in [1.807, 2.05) is 0 Å². The molecule has 3 aliphatic rings. The number of imide groups is 1. The fraction of sp³-hybridized carbons (Fsp3) is 0.571. The van der Waals surface area contributed by atoms with Gasteiger partial charge in [-0.25, -0.2) is 0 Å². The minimum absolute atomic E-state index is 0.00329. The Kier molecular flexibility index (Phi) is 5.78. The number of rotatable bonds is 3. The summed E-state index contributed by atoms with van der Waals surface area (Å²) in [6, 6.07) is 2.56. The third kappa shape index (κ3) is 4.31. The summed E-state index contributed by atoms with van der Waals surface area (Å²) in [6.07, 6.45) is -4.04. The zero-order chi connectivity index (χ0) is 22.3. The van der Waals surface area contributed by atoms with Crippen LogP contribution in [0.25, 0.3) is 0 Å². The summed E-state index contributed by atoms with van der Waals surface area (Å²) in [5.74, 6) is -1.25. The Morgan fingerprint density at radius 2 is 1.97 bits per heavy atom. The highest BCUT2D eigenvalue weighted by Gasteiger charge is 2.46. The number of carbonyl (C=O) groups is 3. The first-order chi connectivity index (χ1) is 14.6. The lowest BCUT2D eigenvalue weighted by Gasteiger charge is -2.32. The van der Waals surface area contributed by atoms with Crippen LogP contribution in [0.1, 0.15) is 47.7 Å². The lowest BCUT2D eigenvalue weighted by molar-refractivity contribution is -0.186. The van der Waals surface area contributed by atoms with Crippen LogP contribution >= 0.6 is 0 Å². The summed E-state index contributed by atoms with van der Waals surface area (Å²) in [4.78, 5) is 39.7. The number of amides is 3. The van der Waals surface area contributed by atoms with Gasteiger partial charge in [0.15, 0.2) is 0 Å². The van der Waals surface area contributed by atoms with E-state index in [1.54, 1.807) is 25.1 Å². The Morgan fingerprint density at radius 1 is 1.19 bits per heavy atom. The molecule has 0 radical (unpaired) electrons. The van der Waals surface area contributed by atoms with Crippen LogP contribution in [0, 0.1) is 0 Å². The van der Waals surface area contributed by atoms with Gasteiger partial charge >= 0.3 is 6.18 Å². The highest BCUT2D eigenvalue weighted by atomic mass is 19.4. The molecule has 0 saturated carbocycles. The van der Waals surface area contributed by atoms with E-state index in [4.69, 9.17) is 0 Å². The number of halogens is 3. The van der Waals surface area contributed by atoms with E-state index in [0.29, 0.717) is 23.2 Å². The minimum Gasteiger partial charge on any atom is -0.322 e. The summed E-state index contributed by atoms with van der Waals surface area (Å²) in [5.41, 5.74) is 1.59. The Balaban J connectivity index is 1.59. The van der Waals surface area contributed by atoms with Crippen molar-refractivity contribution in [1.29, 1.82) is 0 Å². The lowest BCUT2D eigenvalue weighted by atomic mass is 10.0. The van der Waals surface area contributed by atoms with Crippen LogP contribution in [-0.4, -0.2) is 64.9 Å². The summed E-state index contributed by atoms with van der Waals surface area (Å²) < 4.78 is 41.3. The molecule has 2 saturated heterocycles. The van der Waals surface area contributed by atoms with Gasteiger partial charge in [0, 0.05) is 44.2 Å². The molecule has 168 valence electrons. The molecule has 7 nitrogen and oxygen atoms in total. The number of hydrogen-bond donors (Lipinski definition) is 2. The molecule has 2 N–H and O–H groups in total. The number of hydrogen-bond acceptors (Lipinski definition) is 5. The van der Waals surface area contributed by atoms with Gasteiger partial charge in [-0.15, -0.1) is 0 Å². The maximum Gasteiger partial charge on any atom is 0.404 e. The van der Waals surface area contributed by atoms with Crippen molar-refractivity contribution in [3.63, 3.8) is 0 Å². The van der Waals surface area contributed by atoms with Gasteiger partial charge in [-0.1, -0.05) is 18.2 Å². The Morgan fingerprint density at radius 3 is 2.68 bits per heavy atom. The summed E-state index contributed by atoms with van der Waals surface area (Å²) in [7, 11) is 0. The van der Waals surface area contributed by atoms with Gasteiger partial charge < -0.3 is 10.2 Å². The second kappa shape index (κ2) is 8.23. The van der Waals surface area contributed by atoms with Gasteiger partial charge in [-0.3, -0.25) is 24.6 Å². The van der Waals surface area contributed by atoms with Crippen molar-refractivity contribution in [2.45, 2.75) is 63.6 Å². The predicted octanol–water partition coefficient (Wildman–Crippen LogP) is 1.56. The first-order valence-electron chi connectivity index (χ1n) is 10.4. The maximum atomic E-state index is 13.8. The molecule has 10 heteroatoms. The third-order valence-electron chi connectivity index (χ3n) is 6.30. The van der Waals surface area contributed by atoms with E-state index in [0.717, 1.165) is 0 Å². The van der Waals surface area contributed by atoms with E-state index in [2.05, 4.69) is 10.6 Å². The molecule has 3 aliphatic heterocycles. The number of nitrogens with one attached hydrogen (secondary N) is 2. The second-order valence-corrected chi connectivity index (χ2v) is 8.47. The topological polar surface area (TPSA) is 81.8 Å². The van der Waals surface area contributed by atoms with E-state index in [9.17, 15) is 27.6 Å². The summed E-state index contributed by atoms with van der Waals surface area (Å²) in [5, 5.41) is 5.35. The highest BCUT2D eigenvalue weighted by molar-refractivity contribution is 6.05. The van der Waals surface area contributed by atoms with Gasteiger partial charge in [-0.05, 0) is 30.9 Å². The first kappa shape index (κ1) is 21.8.